The van der Waals surface area contributed by atoms with Gasteiger partial charge in [0.15, 0.2) is 0 Å². The molecule has 1 amide bonds. The summed E-state index contributed by atoms with van der Waals surface area (Å²) in [5.41, 5.74) is 3.75. The van der Waals surface area contributed by atoms with Gasteiger partial charge in [-0.1, -0.05) is 54.6 Å². The van der Waals surface area contributed by atoms with Crippen molar-refractivity contribution in [3.8, 4) is 11.3 Å². The summed E-state index contributed by atoms with van der Waals surface area (Å²) in [6.07, 6.45) is 0.356. The third kappa shape index (κ3) is 3.91. The Morgan fingerprint density at radius 1 is 1.13 bits per heavy atom. The number of carboxylic acid groups (broad SMARTS) is 1. The van der Waals surface area contributed by atoms with Gasteiger partial charge >= 0.3 is 12.1 Å². The van der Waals surface area contributed by atoms with E-state index in [0.29, 0.717) is 24.2 Å². The molecule has 160 valence electrons. The van der Waals surface area contributed by atoms with Crippen LogP contribution in [0.2, 0.25) is 0 Å². The largest absolute Gasteiger partial charge is 0.481 e. The van der Waals surface area contributed by atoms with Crippen LogP contribution in [0.3, 0.4) is 0 Å². The topological polar surface area (TPSA) is 93.5 Å². The van der Waals surface area contributed by atoms with Crippen molar-refractivity contribution in [3.05, 3.63) is 71.4 Å². The summed E-state index contributed by atoms with van der Waals surface area (Å²) in [6, 6.07) is 17.0. The number of carbonyl (C=O) groups excluding carboxylic acids is 1. The summed E-state index contributed by atoms with van der Waals surface area (Å²) < 4.78 is 7.24. The van der Waals surface area contributed by atoms with E-state index >= 15 is 0 Å². The molecule has 0 saturated heterocycles. The standard InChI is InChI=1S/C24H25N3O4/c1-15-20(25-23(30)31-16(2)17-7-5-4-6-8-17)21(27(3)26-15)18-9-11-19(12-10-18)24(13-14-24)22(28)29/h4-12,16H,13-14H2,1-3H3,(H,25,30)(H,28,29). The van der Waals surface area contributed by atoms with E-state index in [9.17, 15) is 14.7 Å². The predicted octanol–water partition coefficient (Wildman–Crippen LogP) is 4.82. The van der Waals surface area contributed by atoms with Crippen LogP contribution < -0.4 is 5.32 Å². The third-order valence-corrected chi connectivity index (χ3v) is 5.87. The second kappa shape index (κ2) is 7.91. The number of aromatic nitrogens is 2. The Labute approximate surface area is 180 Å². The molecule has 3 aromatic rings. The van der Waals surface area contributed by atoms with Gasteiger partial charge in [-0.15, -0.1) is 0 Å². The van der Waals surface area contributed by atoms with Crippen molar-refractivity contribution in [2.75, 3.05) is 5.32 Å². The molecule has 1 aromatic heterocycles. The highest BCUT2D eigenvalue weighted by atomic mass is 16.6. The molecule has 0 aliphatic heterocycles. The molecule has 2 aromatic carbocycles. The zero-order valence-corrected chi connectivity index (χ0v) is 17.8. The maximum atomic E-state index is 12.6. The Morgan fingerprint density at radius 2 is 1.77 bits per heavy atom. The number of rotatable bonds is 6. The van der Waals surface area contributed by atoms with Gasteiger partial charge in [-0.05, 0) is 37.8 Å². The van der Waals surface area contributed by atoms with Gasteiger partial charge in [0.05, 0.1) is 22.5 Å². The van der Waals surface area contributed by atoms with Crippen molar-refractivity contribution >= 4 is 17.7 Å². The van der Waals surface area contributed by atoms with E-state index in [0.717, 1.165) is 22.4 Å². The van der Waals surface area contributed by atoms with Crippen molar-refractivity contribution in [1.29, 1.82) is 0 Å². The lowest BCUT2D eigenvalue weighted by Gasteiger charge is -2.15. The van der Waals surface area contributed by atoms with E-state index in [-0.39, 0.29) is 0 Å². The minimum Gasteiger partial charge on any atom is -0.481 e. The second-order valence-electron chi connectivity index (χ2n) is 7.98. The van der Waals surface area contributed by atoms with E-state index in [4.69, 9.17) is 4.74 Å². The Morgan fingerprint density at radius 3 is 2.35 bits per heavy atom. The molecule has 4 rings (SSSR count). The van der Waals surface area contributed by atoms with Crippen LogP contribution in [0, 0.1) is 6.92 Å². The van der Waals surface area contributed by atoms with Crippen LogP contribution in [-0.2, 0) is 22.0 Å². The molecule has 1 unspecified atom stereocenters. The van der Waals surface area contributed by atoms with Crippen LogP contribution in [0.4, 0.5) is 10.5 Å². The molecule has 7 heteroatoms. The molecule has 2 N–H and O–H groups in total. The van der Waals surface area contributed by atoms with Crippen molar-refractivity contribution in [2.24, 2.45) is 7.05 Å². The Balaban J connectivity index is 1.55. The molecular formula is C24H25N3O4. The SMILES string of the molecule is Cc1nn(C)c(-c2ccc(C3(C(=O)O)CC3)cc2)c1NC(=O)OC(C)c1ccccc1. The summed E-state index contributed by atoms with van der Waals surface area (Å²) in [4.78, 5) is 24.2. The summed E-state index contributed by atoms with van der Waals surface area (Å²) in [5.74, 6) is -0.783. The van der Waals surface area contributed by atoms with Crippen molar-refractivity contribution in [1.82, 2.24) is 9.78 Å². The number of aryl methyl sites for hydroxylation is 2. The fourth-order valence-corrected chi connectivity index (χ4v) is 3.92. The first-order valence-corrected chi connectivity index (χ1v) is 10.2. The number of benzene rings is 2. The van der Waals surface area contributed by atoms with Crippen molar-refractivity contribution in [2.45, 2.75) is 38.2 Å². The van der Waals surface area contributed by atoms with E-state index in [1.54, 1.807) is 11.7 Å². The molecule has 1 aliphatic carbocycles. The quantitative estimate of drug-likeness (QED) is 0.597. The Hall–Kier alpha value is -3.61. The maximum Gasteiger partial charge on any atom is 0.412 e. The highest BCUT2D eigenvalue weighted by Gasteiger charge is 2.51. The zero-order valence-electron chi connectivity index (χ0n) is 17.8. The lowest BCUT2D eigenvalue weighted by Crippen LogP contribution is -2.19. The van der Waals surface area contributed by atoms with E-state index in [1.165, 1.54) is 0 Å². The van der Waals surface area contributed by atoms with Crippen LogP contribution >= 0.6 is 0 Å². The first-order chi connectivity index (χ1) is 14.8. The van der Waals surface area contributed by atoms with Gasteiger partial charge in [-0.25, -0.2) is 4.79 Å². The maximum absolute atomic E-state index is 12.6. The second-order valence-corrected chi connectivity index (χ2v) is 7.98. The number of hydrogen-bond donors (Lipinski definition) is 2. The van der Waals surface area contributed by atoms with Crippen LogP contribution in [0.15, 0.2) is 54.6 Å². The third-order valence-electron chi connectivity index (χ3n) is 5.87. The molecule has 0 bridgehead atoms. The van der Waals surface area contributed by atoms with Gasteiger partial charge in [0.2, 0.25) is 0 Å². The van der Waals surface area contributed by atoms with Gasteiger partial charge < -0.3 is 9.84 Å². The smallest absolute Gasteiger partial charge is 0.412 e. The number of anilines is 1. The summed E-state index contributed by atoms with van der Waals surface area (Å²) >= 11 is 0. The van der Waals surface area contributed by atoms with Crippen LogP contribution in [0.25, 0.3) is 11.3 Å². The number of carboxylic acids is 1. The molecule has 31 heavy (non-hydrogen) atoms. The first-order valence-electron chi connectivity index (χ1n) is 10.2. The highest BCUT2D eigenvalue weighted by molar-refractivity contribution is 5.92. The zero-order chi connectivity index (χ0) is 22.2. The Kier molecular flexibility index (Phi) is 5.27. The van der Waals surface area contributed by atoms with Crippen LogP contribution in [0.1, 0.15) is 42.7 Å². The van der Waals surface area contributed by atoms with Gasteiger partial charge in [0, 0.05) is 12.6 Å². The first kappa shape index (κ1) is 20.7. The fourth-order valence-electron chi connectivity index (χ4n) is 3.92. The Bertz CT molecular complexity index is 1120. The molecule has 1 aliphatic rings. The number of amides is 1. The van der Waals surface area contributed by atoms with E-state index in [1.807, 2.05) is 68.4 Å². The number of nitrogens with zero attached hydrogens (tertiary/aromatic N) is 2. The molecule has 7 nitrogen and oxygen atoms in total. The number of hydrogen-bond acceptors (Lipinski definition) is 4. The van der Waals surface area contributed by atoms with Crippen LogP contribution in [-0.4, -0.2) is 26.9 Å². The minimum atomic E-state index is -0.783. The average Bonchev–Trinajstić information content (AvgIpc) is 3.51. The van der Waals surface area contributed by atoms with Gasteiger partial charge in [-0.3, -0.25) is 14.8 Å². The highest BCUT2D eigenvalue weighted by Crippen LogP contribution is 2.48. The van der Waals surface area contributed by atoms with Crippen molar-refractivity contribution < 1.29 is 19.4 Å². The lowest BCUT2D eigenvalue weighted by atomic mass is 9.94. The number of aliphatic carboxylic acids is 1. The summed E-state index contributed by atoms with van der Waals surface area (Å²) in [5, 5.41) is 16.8. The monoisotopic (exact) mass is 419 g/mol. The molecule has 0 spiro atoms. The lowest BCUT2D eigenvalue weighted by molar-refractivity contribution is -0.140. The van der Waals surface area contributed by atoms with E-state index < -0.39 is 23.6 Å². The number of carbonyl (C=O) groups is 2. The average molecular weight is 419 g/mol. The van der Waals surface area contributed by atoms with Gasteiger partial charge in [0.25, 0.3) is 0 Å². The molecular weight excluding hydrogens is 394 g/mol. The molecule has 1 saturated carbocycles. The fraction of sp³-hybridized carbons (Fsp3) is 0.292. The molecule has 1 heterocycles. The summed E-state index contributed by atoms with van der Waals surface area (Å²) in [6.45, 7) is 3.64. The number of nitrogens with one attached hydrogen (secondary N) is 1. The molecule has 1 fully saturated rings. The predicted molar refractivity (Wildman–Crippen MR) is 117 cm³/mol. The van der Waals surface area contributed by atoms with Gasteiger partial charge in [0.1, 0.15) is 6.10 Å². The normalized spacial score (nSPS) is 15.2. The van der Waals surface area contributed by atoms with Crippen molar-refractivity contribution in [3.63, 3.8) is 0 Å². The number of ether oxygens (including phenoxy) is 1. The van der Waals surface area contributed by atoms with Crippen LogP contribution in [0.5, 0.6) is 0 Å². The molecule has 0 radical (unpaired) electrons. The van der Waals surface area contributed by atoms with Gasteiger partial charge in [-0.2, -0.15) is 5.10 Å². The summed E-state index contributed by atoms with van der Waals surface area (Å²) in [7, 11) is 1.80. The minimum absolute atomic E-state index is 0.397. The molecule has 1 atom stereocenters. The van der Waals surface area contributed by atoms with E-state index in [2.05, 4.69) is 10.4 Å².